The zero-order valence-electron chi connectivity index (χ0n) is 21.3. The van der Waals surface area contributed by atoms with Crippen LogP contribution in [0.25, 0.3) is 11.1 Å². The molecule has 5 heteroatoms. The molecule has 3 aromatic rings. The van der Waals surface area contributed by atoms with E-state index in [9.17, 15) is 14.7 Å². The van der Waals surface area contributed by atoms with Crippen LogP contribution in [0.2, 0.25) is 0 Å². The van der Waals surface area contributed by atoms with Crippen LogP contribution in [0.4, 0.5) is 0 Å². The fourth-order valence-corrected chi connectivity index (χ4v) is 4.93. The van der Waals surface area contributed by atoms with Gasteiger partial charge in [0.15, 0.2) is 6.10 Å². The number of benzene rings is 3. The van der Waals surface area contributed by atoms with Gasteiger partial charge >= 0.3 is 5.97 Å². The maximum absolute atomic E-state index is 13.6. The number of amides is 1. The van der Waals surface area contributed by atoms with Crippen molar-refractivity contribution < 1.29 is 19.4 Å². The van der Waals surface area contributed by atoms with E-state index in [0.717, 1.165) is 33.4 Å². The highest BCUT2D eigenvalue weighted by atomic mass is 16.5. The summed E-state index contributed by atoms with van der Waals surface area (Å²) >= 11 is 0. The third kappa shape index (κ3) is 4.87. The zero-order valence-corrected chi connectivity index (χ0v) is 21.3. The molecule has 0 saturated carbocycles. The van der Waals surface area contributed by atoms with E-state index in [0.29, 0.717) is 29.8 Å². The van der Waals surface area contributed by atoms with Gasteiger partial charge in [0.1, 0.15) is 0 Å². The summed E-state index contributed by atoms with van der Waals surface area (Å²) in [5.41, 5.74) is 6.99. The van der Waals surface area contributed by atoms with E-state index in [-0.39, 0.29) is 5.91 Å². The molecule has 1 aliphatic heterocycles. The maximum atomic E-state index is 13.6. The van der Waals surface area contributed by atoms with Gasteiger partial charge in [0, 0.05) is 24.2 Å². The summed E-state index contributed by atoms with van der Waals surface area (Å²) in [6.07, 6.45) is -1.20. The molecule has 182 valence electrons. The number of carboxylic acid groups (broad SMARTS) is 1. The fraction of sp³-hybridized carbons (Fsp3) is 0.333. The first-order valence-electron chi connectivity index (χ1n) is 11.9. The lowest BCUT2D eigenvalue weighted by molar-refractivity contribution is -0.160. The van der Waals surface area contributed by atoms with Crippen LogP contribution < -0.4 is 0 Å². The molecule has 5 nitrogen and oxygen atoms in total. The van der Waals surface area contributed by atoms with Gasteiger partial charge in [-0.1, -0.05) is 60.2 Å². The lowest BCUT2D eigenvalue weighted by atomic mass is 9.83. The number of aliphatic carboxylic acids is 1. The molecular formula is C30H33NO4. The summed E-state index contributed by atoms with van der Waals surface area (Å²) in [6.45, 7) is 12.4. The van der Waals surface area contributed by atoms with Crippen molar-refractivity contribution in [2.45, 2.75) is 66.3 Å². The van der Waals surface area contributed by atoms with E-state index in [1.165, 1.54) is 0 Å². The minimum absolute atomic E-state index is 0.0685. The van der Waals surface area contributed by atoms with E-state index in [1.807, 2.05) is 101 Å². The van der Waals surface area contributed by atoms with Gasteiger partial charge in [-0.05, 0) is 74.9 Å². The van der Waals surface area contributed by atoms with Crippen LogP contribution in [0, 0.1) is 20.8 Å². The molecule has 0 aliphatic carbocycles. The van der Waals surface area contributed by atoms with Crippen LogP contribution in [0.15, 0.2) is 54.6 Å². The molecule has 0 saturated heterocycles. The Bertz CT molecular complexity index is 1270. The standard InChI is InChI=1S/C30H33NO4/c1-18-12-14-22(15-13-18)24-19(2)23-17-31(16-21-10-8-7-9-11-21)28(32)25(23)20(3)26(24)27(29(33)34)35-30(4,5)6/h7-15,27H,16-17H2,1-6H3,(H,33,34). The molecule has 1 atom stereocenters. The molecule has 4 rings (SSSR count). The fourth-order valence-electron chi connectivity index (χ4n) is 4.93. The molecule has 1 N–H and O–H groups in total. The van der Waals surface area contributed by atoms with Gasteiger partial charge in [-0.2, -0.15) is 0 Å². The second kappa shape index (κ2) is 9.31. The van der Waals surface area contributed by atoms with Gasteiger partial charge in [0.2, 0.25) is 0 Å². The molecular weight excluding hydrogens is 438 g/mol. The van der Waals surface area contributed by atoms with Gasteiger partial charge in [0.05, 0.1) is 5.60 Å². The number of carbonyl (C=O) groups excluding carboxylic acids is 1. The van der Waals surface area contributed by atoms with Crippen molar-refractivity contribution in [3.05, 3.63) is 93.5 Å². The minimum Gasteiger partial charge on any atom is -0.479 e. The summed E-state index contributed by atoms with van der Waals surface area (Å²) in [5, 5.41) is 10.3. The molecule has 0 spiro atoms. The number of carbonyl (C=O) groups is 2. The third-order valence-corrected chi connectivity index (χ3v) is 6.54. The number of nitrogens with zero attached hydrogens (tertiary/aromatic N) is 1. The number of ether oxygens (including phenoxy) is 1. The first kappa shape index (κ1) is 24.7. The second-order valence-electron chi connectivity index (χ2n) is 10.4. The van der Waals surface area contributed by atoms with Crippen molar-refractivity contribution in [3.63, 3.8) is 0 Å². The van der Waals surface area contributed by atoms with Crippen LogP contribution in [0.3, 0.4) is 0 Å². The van der Waals surface area contributed by atoms with Crippen LogP contribution >= 0.6 is 0 Å². The normalized spacial score (nSPS) is 14.2. The Labute approximate surface area is 207 Å². The van der Waals surface area contributed by atoms with Crippen molar-refractivity contribution in [1.29, 1.82) is 0 Å². The topological polar surface area (TPSA) is 66.8 Å². The average Bonchev–Trinajstić information content (AvgIpc) is 3.12. The summed E-state index contributed by atoms with van der Waals surface area (Å²) in [6, 6.07) is 18.0. The van der Waals surface area contributed by atoms with Crippen LogP contribution in [-0.2, 0) is 22.6 Å². The van der Waals surface area contributed by atoms with Crippen LogP contribution in [0.1, 0.15) is 70.6 Å². The monoisotopic (exact) mass is 471 g/mol. The maximum Gasteiger partial charge on any atom is 0.337 e. The number of hydrogen-bond acceptors (Lipinski definition) is 3. The molecule has 3 aromatic carbocycles. The first-order valence-corrected chi connectivity index (χ1v) is 11.9. The smallest absolute Gasteiger partial charge is 0.337 e. The number of hydrogen-bond donors (Lipinski definition) is 1. The highest BCUT2D eigenvalue weighted by Crippen LogP contribution is 2.43. The van der Waals surface area contributed by atoms with Crippen molar-refractivity contribution in [2.75, 3.05) is 0 Å². The van der Waals surface area contributed by atoms with E-state index < -0.39 is 17.7 Å². The molecule has 1 amide bonds. The lowest BCUT2D eigenvalue weighted by Crippen LogP contribution is -2.29. The number of rotatable bonds is 6. The summed E-state index contributed by atoms with van der Waals surface area (Å²) in [4.78, 5) is 28.0. The third-order valence-electron chi connectivity index (χ3n) is 6.54. The van der Waals surface area contributed by atoms with Gasteiger partial charge in [-0.3, -0.25) is 4.79 Å². The van der Waals surface area contributed by atoms with E-state index in [4.69, 9.17) is 4.74 Å². The summed E-state index contributed by atoms with van der Waals surface area (Å²) < 4.78 is 6.10. The average molecular weight is 472 g/mol. The van der Waals surface area contributed by atoms with E-state index >= 15 is 0 Å². The molecule has 0 bridgehead atoms. The molecule has 0 aromatic heterocycles. The quantitative estimate of drug-likeness (QED) is 0.453. The highest BCUT2D eigenvalue weighted by molar-refractivity contribution is 6.02. The van der Waals surface area contributed by atoms with Crippen molar-refractivity contribution in [3.8, 4) is 11.1 Å². The number of aryl methyl sites for hydroxylation is 1. The van der Waals surface area contributed by atoms with Gasteiger partial charge in [-0.15, -0.1) is 0 Å². The largest absolute Gasteiger partial charge is 0.479 e. The molecule has 1 aliphatic rings. The second-order valence-corrected chi connectivity index (χ2v) is 10.4. The Balaban J connectivity index is 1.93. The Kier molecular flexibility index (Phi) is 6.56. The highest BCUT2D eigenvalue weighted by Gasteiger charge is 2.38. The van der Waals surface area contributed by atoms with E-state index in [2.05, 4.69) is 0 Å². The molecule has 1 heterocycles. The first-order chi connectivity index (χ1) is 16.5. The van der Waals surface area contributed by atoms with Crippen LogP contribution in [0.5, 0.6) is 0 Å². The van der Waals surface area contributed by atoms with Crippen molar-refractivity contribution in [2.24, 2.45) is 0 Å². The van der Waals surface area contributed by atoms with Crippen LogP contribution in [-0.4, -0.2) is 27.5 Å². The Morgan fingerprint density at radius 1 is 0.971 bits per heavy atom. The summed E-state index contributed by atoms with van der Waals surface area (Å²) in [7, 11) is 0. The Hall–Kier alpha value is -3.44. The van der Waals surface area contributed by atoms with Gasteiger partial charge < -0.3 is 14.7 Å². The Morgan fingerprint density at radius 3 is 2.17 bits per heavy atom. The molecule has 0 radical (unpaired) electrons. The lowest BCUT2D eigenvalue weighted by Gasteiger charge is -2.29. The molecule has 35 heavy (non-hydrogen) atoms. The zero-order chi connectivity index (χ0) is 25.5. The minimum atomic E-state index is -1.20. The number of fused-ring (bicyclic) bond motifs is 1. The van der Waals surface area contributed by atoms with E-state index in [1.54, 1.807) is 0 Å². The van der Waals surface area contributed by atoms with Gasteiger partial charge in [0.25, 0.3) is 5.91 Å². The SMILES string of the molecule is Cc1ccc(-c2c(C)c3c(c(C)c2C(OC(C)(C)C)C(=O)O)C(=O)N(Cc2ccccc2)C3)cc1. The number of carboxylic acids is 1. The molecule has 1 unspecified atom stereocenters. The van der Waals surface area contributed by atoms with Gasteiger partial charge in [-0.25, -0.2) is 4.79 Å². The predicted molar refractivity (Wildman–Crippen MR) is 137 cm³/mol. The Morgan fingerprint density at radius 2 is 1.60 bits per heavy atom. The predicted octanol–water partition coefficient (Wildman–Crippen LogP) is 6.38. The van der Waals surface area contributed by atoms with Crippen molar-refractivity contribution in [1.82, 2.24) is 4.90 Å². The molecule has 0 fully saturated rings. The summed E-state index contributed by atoms with van der Waals surface area (Å²) in [5.74, 6) is -1.14. The van der Waals surface area contributed by atoms with Crippen molar-refractivity contribution >= 4 is 11.9 Å².